The highest BCUT2D eigenvalue weighted by molar-refractivity contribution is 6.05. The van der Waals surface area contributed by atoms with E-state index in [9.17, 15) is 24.2 Å². The number of ketones is 1. The first-order chi connectivity index (χ1) is 14.8. The van der Waals surface area contributed by atoms with Crippen molar-refractivity contribution in [3.8, 4) is 22.4 Å². The van der Waals surface area contributed by atoms with Crippen LogP contribution in [0.1, 0.15) is 23.6 Å². The van der Waals surface area contributed by atoms with E-state index in [4.69, 9.17) is 0 Å². The second-order valence-electron chi connectivity index (χ2n) is 7.17. The molecule has 6 heteroatoms. The number of nitrogens with zero attached hydrogens (tertiary/aromatic N) is 1. The third-order valence-corrected chi connectivity index (χ3v) is 5.01. The molecule has 5 nitrogen and oxygen atoms in total. The summed E-state index contributed by atoms with van der Waals surface area (Å²) >= 11 is 0. The van der Waals surface area contributed by atoms with Gasteiger partial charge in [0, 0.05) is 23.2 Å². The van der Waals surface area contributed by atoms with Gasteiger partial charge in [0.2, 0.25) is 0 Å². The SMILES string of the molecule is C=CC(O)CC(=O)C(C(=O)O)c1c(-c2ccc(F)cc2)cc(-c2ccccc2)nc1C. The minimum atomic E-state index is -1.54. The van der Waals surface area contributed by atoms with Crippen LogP contribution in [-0.2, 0) is 9.59 Å². The number of aliphatic hydroxyl groups is 1. The molecule has 3 aromatic rings. The van der Waals surface area contributed by atoms with E-state index in [2.05, 4.69) is 11.6 Å². The van der Waals surface area contributed by atoms with Crippen molar-refractivity contribution < 1.29 is 24.2 Å². The maximum absolute atomic E-state index is 13.5. The number of Topliss-reactive ketones (excluding diaryl/α,β-unsaturated/α-hetero) is 1. The minimum absolute atomic E-state index is 0.222. The summed E-state index contributed by atoms with van der Waals surface area (Å²) in [5.41, 5.74) is 3.04. The molecule has 3 rings (SSSR count). The average molecular weight is 419 g/mol. The number of halogens is 1. The van der Waals surface area contributed by atoms with Crippen molar-refractivity contribution in [2.75, 3.05) is 0 Å². The molecule has 0 bridgehead atoms. The van der Waals surface area contributed by atoms with Crippen molar-refractivity contribution >= 4 is 11.8 Å². The van der Waals surface area contributed by atoms with Gasteiger partial charge < -0.3 is 10.2 Å². The fraction of sp³-hybridized carbons (Fsp3) is 0.160. The summed E-state index contributed by atoms with van der Waals surface area (Å²) in [6.45, 7) is 5.07. The first-order valence-electron chi connectivity index (χ1n) is 9.71. The Labute approximate surface area is 179 Å². The van der Waals surface area contributed by atoms with Crippen molar-refractivity contribution in [2.45, 2.75) is 25.4 Å². The van der Waals surface area contributed by atoms with Crippen LogP contribution in [0.5, 0.6) is 0 Å². The van der Waals surface area contributed by atoms with Gasteiger partial charge >= 0.3 is 5.97 Å². The van der Waals surface area contributed by atoms with Crippen LogP contribution in [0.25, 0.3) is 22.4 Å². The van der Waals surface area contributed by atoms with Crippen LogP contribution < -0.4 is 0 Å². The third-order valence-electron chi connectivity index (χ3n) is 5.01. The number of carbonyl (C=O) groups is 2. The lowest BCUT2D eigenvalue weighted by molar-refractivity contribution is -0.142. The molecule has 0 radical (unpaired) electrons. The van der Waals surface area contributed by atoms with Gasteiger partial charge in [0.05, 0.1) is 11.8 Å². The van der Waals surface area contributed by atoms with Gasteiger partial charge in [-0.1, -0.05) is 48.5 Å². The normalized spacial score (nSPS) is 12.7. The summed E-state index contributed by atoms with van der Waals surface area (Å²) in [7, 11) is 0. The number of carboxylic acid groups (broad SMARTS) is 1. The Bertz CT molecular complexity index is 1110. The fourth-order valence-electron chi connectivity index (χ4n) is 3.50. The van der Waals surface area contributed by atoms with Crippen molar-refractivity contribution in [2.24, 2.45) is 0 Å². The van der Waals surface area contributed by atoms with Crippen LogP contribution >= 0.6 is 0 Å². The predicted molar refractivity (Wildman–Crippen MR) is 116 cm³/mol. The maximum atomic E-state index is 13.5. The van der Waals surface area contributed by atoms with Crippen molar-refractivity contribution in [1.29, 1.82) is 0 Å². The van der Waals surface area contributed by atoms with Crippen LogP contribution in [0, 0.1) is 12.7 Å². The van der Waals surface area contributed by atoms with E-state index in [1.54, 1.807) is 13.0 Å². The molecule has 0 saturated heterocycles. The van der Waals surface area contributed by atoms with Gasteiger partial charge in [0.15, 0.2) is 5.78 Å². The zero-order chi connectivity index (χ0) is 22.5. The summed E-state index contributed by atoms with van der Waals surface area (Å²) in [6, 6.07) is 16.6. The Balaban J connectivity index is 2.24. The van der Waals surface area contributed by atoms with E-state index < -0.39 is 29.6 Å². The molecule has 0 saturated carbocycles. The molecule has 2 N–H and O–H groups in total. The quantitative estimate of drug-likeness (QED) is 0.414. The number of carboxylic acids is 1. The second kappa shape index (κ2) is 9.45. The van der Waals surface area contributed by atoms with Gasteiger partial charge in [-0.3, -0.25) is 14.6 Å². The Morgan fingerprint density at radius 2 is 1.74 bits per heavy atom. The van der Waals surface area contributed by atoms with Crippen LogP contribution in [-0.4, -0.2) is 33.1 Å². The summed E-state index contributed by atoms with van der Waals surface area (Å²) in [5, 5.41) is 19.7. The number of aliphatic carboxylic acids is 1. The van der Waals surface area contributed by atoms with Gasteiger partial charge in [-0.2, -0.15) is 0 Å². The lowest BCUT2D eigenvalue weighted by Crippen LogP contribution is -2.26. The van der Waals surface area contributed by atoms with Gasteiger partial charge in [-0.05, 0) is 36.2 Å². The minimum Gasteiger partial charge on any atom is -0.480 e. The van der Waals surface area contributed by atoms with Crippen molar-refractivity contribution in [1.82, 2.24) is 4.98 Å². The highest BCUT2D eigenvalue weighted by atomic mass is 19.1. The zero-order valence-corrected chi connectivity index (χ0v) is 17.0. The van der Waals surface area contributed by atoms with E-state index in [1.165, 1.54) is 30.3 Å². The average Bonchev–Trinajstić information content (AvgIpc) is 2.75. The summed E-state index contributed by atoms with van der Waals surface area (Å²) in [5.74, 6) is -3.98. The fourth-order valence-corrected chi connectivity index (χ4v) is 3.50. The molecule has 31 heavy (non-hydrogen) atoms. The molecule has 1 aromatic heterocycles. The van der Waals surface area contributed by atoms with E-state index in [0.717, 1.165) is 5.56 Å². The maximum Gasteiger partial charge on any atom is 0.318 e. The van der Waals surface area contributed by atoms with Crippen LogP contribution in [0.3, 0.4) is 0 Å². The number of aromatic nitrogens is 1. The number of benzene rings is 2. The molecule has 0 fully saturated rings. The molecule has 1 heterocycles. The van der Waals surface area contributed by atoms with Crippen LogP contribution in [0.4, 0.5) is 4.39 Å². The predicted octanol–water partition coefficient (Wildman–Crippen LogP) is 4.54. The monoisotopic (exact) mass is 419 g/mol. The van der Waals surface area contributed by atoms with E-state index in [-0.39, 0.29) is 12.0 Å². The second-order valence-corrected chi connectivity index (χ2v) is 7.17. The molecule has 2 aromatic carbocycles. The molecule has 0 amide bonds. The van der Waals surface area contributed by atoms with E-state index in [0.29, 0.717) is 22.5 Å². The third kappa shape index (κ3) is 4.92. The van der Waals surface area contributed by atoms with Gasteiger partial charge in [0.25, 0.3) is 0 Å². The van der Waals surface area contributed by atoms with Crippen LogP contribution in [0.2, 0.25) is 0 Å². The molecule has 2 unspecified atom stereocenters. The largest absolute Gasteiger partial charge is 0.480 e. The number of rotatable bonds is 8. The van der Waals surface area contributed by atoms with Gasteiger partial charge in [0.1, 0.15) is 11.7 Å². The molecule has 158 valence electrons. The highest BCUT2D eigenvalue weighted by Crippen LogP contribution is 2.36. The van der Waals surface area contributed by atoms with Crippen LogP contribution in [0.15, 0.2) is 73.3 Å². The standard InChI is InChI=1S/C25H22FNO4/c1-3-19(28)13-22(29)24(25(30)31)23-15(2)27-21(17-7-5-4-6-8-17)14-20(23)16-9-11-18(26)12-10-16/h3-12,14,19,24,28H,1,13H2,2H3,(H,30,31). The number of aryl methyl sites for hydroxylation is 1. The van der Waals surface area contributed by atoms with Crippen molar-refractivity contribution in [3.63, 3.8) is 0 Å². The smallest absolute Gasteiger partial charge is 0.318 e. The van der Waals surface area contributed by atoms with Gasteiger partial charge in [-0.15, -0.1) is 6.58 Å². The molecule has 0 aliphatic rings. The first-order valence-corrected chi connectivity index (χ1v) is 9.71. The molecule has 2 atom stereocenters. The summed E-state index contributed by atoms with van der Waals surface area (Å²) in [4.78, 5) is 29.5. The lowest BCUT2D eigenvalue weighted by Gasteiger charge is -2.20. The number of pyridine rings is 1. The molecule has 0 spiro atoms. The first kappa shape index (κ1) is 22.1. The Morgan fingerprint density at radius 1 is 1.10 bits per heavy atom. The lowest BCUT2D eigenvalue weighted by atomic mass is 9.84. The summed E-state index contributed by atoms with van der Waals surface area (Å²) in [6.07, 6.45) is -0.356. The molecular formula is C25H22FNO4. The van der Waals surface area contributed by atoms with E-state index >= 15 is 0 Å². The molecule has 0 aliphatic heterocycles. The Kier molecular flexibility index (Phi) is 6.72. The number of carbonyl (C=O) groups excluding carboxylic acids is 1. The molecule has 0 aliphatic carbocycles. The zero-order valence-electron chi connectivity index (χ0n) is 17.0. The highest BCUT2D eigenvalue weighted by Gasteiger charge is 2.33. The number of hydrogen-bond donors (Lipinski definition) is 2. The van der Waals surface area contributed by atoms with E-state index in [1.807, 2.05) is 30.3 Å². The van der Waals surface area contributed by atoms with Crippen molar-refractivity contribution in [3.05, 3.63) is 90.4 Å². The number of hydrogen-bond acceptors (Lipinski definition) is 4. The Hall–Kier alpha value is -3.64. The molecular weight excluding hydrogens is 397 g/mol. The number of aliphatic hydroxyl groups excluding tert-OH is 1. The topological polar surface area (TPSA) is 87.5 Å². The summed E-state index contributed by atoms with van der Waals surface area (Å²) < 4.78 is 13.5. The van der Waals surface area contributed by atoms with Gasteiger partial charge in [-0.25, -0.2) is 4.39 Å². The Morgan fingerprint density at radius 3 is 2.32 bits per heavy atom.